The van der Waals surface area contributed by atoms with E-state index in [1.165, 1.54) is 0 Å². The summed E-state index contributed by atoms with van der Waals surface area (Å²) in [6, 6.07) is 23.5. The number of amides is 1. The number of nitrogens with one attached hydrogen (secondary N) is 1. The minimum Gasteiger partial charge on any atom is -0.439 e. The molecule has 1 N–H and O–H groups in total. The lowest BCUT2D eigenvalue weighted by molar-refractivity contribution is -0.121. The molecule has 168 valence electrons. The fourth-order valence-corrected chi connectivity index (χ4v) is 3.60. The van der Waals surface area contributed by atoms with Crippen molar-refractivity contribution in [3.8, 4) is 17.3 Å². The number of rotatable bonds is 9. The first kappa shape index (κ1) is 22.3. The quantitative estimate of drug-likeness (QED) is 0.389. The molecular weight excluding hydrogens is 412 g/mol. The molecule has 0 aliphatic rings. The summed E-state index contributed by atoms with van der Waals surface area (Å²) < 4.78 is 8.19. The molecule has 0 saturated heterocycles. The number of nitrogens with zero attached hydrogens (tertiary/aromatic N) is 3. The van der Waals surface area contributed by atoms with E-state index in [0.29, 0.717) is 25.3 Å². The van der Waals surface area contributed by atoms with E-state index < -0.39 is 0 Å². The lowest BCUT2D eigenvalue weighted by atomic mass is 10.1. The van der Waals surface area contributed by atoms with Crippen LogP contribution in [0.2, 0.25) is 0 Å². The molecule has 0 atom stereocenters. The van der Waals surface area contributed by atoms with Crippen molar-refractivity contribution < 1.29 is 9.53 Å². The van der Waals surface area contributed by atoms with Gasteiger partial charge in [-0.05, 0) is 56.2 Å². The first-order chi connectivity index (χ1) is 16.1. The largest absolute Gasteiger partial charge is 0.439 e. The zero-order chi connectivity index (χ0) is 23.0. The molecule has 0 spiro atoms. The van der Waals surface area contributed by atoms with E-state index in [-0.39, 0.29) is 5.91 Å². The van der Waals surface area contributed by atoms with Crippen molar-refractivity contribution in [2.75, 3.05) is 0 Å². The fourth-order valence-electron chi connectivity index (χ4n) is 3.60. The third kappa shape index (κ3) is 5.66. The second kappa shape index (κ2) is 10.6. The molecule has 6 heteroatoms. The van der Waals surface area contributed by atoms with E-state index >= 15 is 0 Å². The number of hydrogen-bond donors (Lipinski definition) is 1. The van der Waals surface area contributed by atoms with Crippen molar-refractivity contribution >= 4 is 5.91 Å². The molecule has 4 rings (SSSR count). The molecule has 0 radical (unpaired) electrons. The Labute approximate surface area is 194 Å². The van der Waals surface area contributed by atoms with Gasteiger partial charge in [0, 0.05) is 18.2 Å². The number of benzene rings is 2. The van der Waals surface area contributed by atoms with Gasteiger partial charge in [-0.1, -0.05) is 48.9 Å². The molecule has 0 unspecified atom stereocenters. The Morgan fingerprint density at radius 3 is 2.45 bits per heavy atom. The van der Waals surface area contributed by atoms with Crippen LogP contribution in [0.15, 0.2) is 79.0 Å². The highest BCUT2D eigenvalue weighted by Gasteiger charge is 2.21. The third-order valence-corrected chi connectivity index (χ3v) is 5.39. The van der Waals surface area contributed by atoms with E-state index in [4.69, 9.17) is 9.84 Å². The monoisotopic (exact) mass is 440 g/mol. The number of ether oxygens (including phenoxy) is 1. The van der Waals surface area contributed by atoms with Gasteiger partial charge in [-0.3, -0.25) is 9.78 Å². The molecule has 0 bridgehead atoms. The molecule has 0 saturated carbocycles. The Kier molecular flexibility index (Phi) is 7.15. The Morgan fingerprint density at radius 2 is 1.76 bits per heavy atom. The molecule has 2 aromatic heterocycles. The van der Waals surface area contributed by atoms with Crippen molar-refractivity contribution in [2.45, 2.75) is 39.7 Å². The zero-order valence-electron chi connectivity index (χ0n) is 19.0. The summed E-state index contributed by atoms with van der Waals surface area (Å²) in [4.78, 5) is 16.8. The van der Waals surface area contributed by atoms with Gasteiger partial charge in [0.2, 0.25) is 11.8 Å². The van der Waals surface area contributed by atoms with Crippen LogP contribution in [-0.2, 0) is 24.2 Å². The molecule has 4 aromatic rings. The maximum Gasteiger partial charge on any atom is 0.226 e. The van der Waals surface area contributed by atoms with E-state index in [1.807, 2.05) is 84.4 Å². The van der Waals surface area contributed by atoms with E-state index in [0.717, 1.165) is 40.4 Å². The average Bonchev–Trinajstić information content (AvgIpc) is 3.21. The highest BCUT2D eigenvalue weighted by atomic mass is 16.5. The van der Waals surface area contributed by atoms with Gasteiger partial charge in [0.25, 0.3) is 0 Å². The molecule has 6 nitrogen and oxygen atoms in total. The van der Waals surface area contributed by atoms with Gasteiger partial charge in [0.05, 0.1) is 23.6 Å². The number of hydrogen-bond acceptors (Lipinski definition) is 4. The van der Waals surface area contributed by atoms with Crippen molar-refractivity contribution in [1.82, 2.24) is 20.1 Å². The van der Waals surface area contributed by atoms with Gasteiger partial charge in [-0.2, -0.15) is 5.10 Å². The number of carbonyl (C=O) groups is 1. The highest BCUT2D eigenvalue weighted by Crippen LogP contribution is 2.32. The Balaban J connectivity index is 1.58. The zero-order valence-corrected chi connectivity index (χ0v) is 19.0. The van der Waals surface area contributed by atoms with Crippen LogP contribution in [0, 0.1) is 6.92 Å². The van der Waals surface area contributed by atoms with Crippen LogP contribution in [0.3, 0.4) is 0 Å². The summed E-state index contributed by atoms with van der Waals surface area (Å²) in [7, 11) is 0. The smallest absolute Gasteiger partial charge is 0.226 e. The maximum absolute atomic E-state index is 12.6. The van der Waals surface area contributed by atoms with E-state index in [9.17, 15) is 4.79 Å². The summed E-state index contributed by atoms with van der Waals surface area (Å²) >= 11 is 0. The van der Waals surface area contributed by atoms with Gasteiger partial charge in [0.1, 0.15) is 5.75 Å². The molecule has 0 aliphatic heterocycles. The number of carbonyl (C=O) groups excluding carboxylic acids is 1. The van der Waals surface area contributed by atoms with Gasteiger partial charge >= 0.3 is 0 Å². The van der Waals surface area contributed by atoms with Crippen LogP contribution in [0.5, 0.6) is 11.6 Å². The minimum atomic E-state index is -0.0311. The lowest BCUT2D eigenvalue weighted by Crippen LogP contribution is -2.23. The molecule has 1 amide bonds. The predicted molar refractivity (Wildman–Crippen MR) is 129 cm³/mol. The average molecular weight is 441 g/mol. The summed E-state index contributed by atoms with van der Waals surface area (Å²) in [6.45, 7) is 4.52. The van der Waals surface area contributed by atoms with Crippen molar-refractivity contribution in [3.63, 3.8) is 0 Å². The summed E-state index contributed by atoms with van der Waals surface area (Å²) in [5, 5.41) is 7.79. The van der Waals surface area contributed by atoms with E-state index in [2.05, 4.69) is 17.2 Å². The molecule has 2 heterocycles. The van der Waals surface area contributed by atoms with Crippen LogP contribution in [-0.4, -0.2) is 20.7 Å². The topological polar surface area (TPSA) is 69.0 Å². The molecular formula is C27H28N4O2. The van der Waals surface area contributed by atoms with Crippen LogP contribution in [0.25, 0.3) is 5.69 Å². The van der Waals surface area contributed by atoms with Crippen molar-refractivity contribution in [3.05, 3.63) is 102 Å². The summed E-state index contributed by atoms with van der Waals surface area (Å²) in [6.07, 6.45) is 3.34. The first-order valence-electron chi connectivity index (χ1n) is 11.2. The van der Waals surface area contributed by atoms with Gasteiger partial charge in [0.15, 0.2) is 0 Å². The van der Waals surface area contributed by atoms with Crippen molar-refractivity contribution in [2.24, 2.45) is 0 Å². The van der Waals surface area contributed by atoms with Crippen LogP contribution < -0.4 is 10.1 Å². The Bertz CT molecular complexity index is 1190. The summed E-state index contributed by atoms with van der Waals surface area (Å²) in [5.74, 6) is 1.36. The van der Waals surface area contributed by atoms with Crippen molar-refractivity contribution in [1.29, 1.82) is 0 Å². The number of aromatic nitrogens is 3. The molecule has 0 aliphatic carbocycles. The fraction of sp³-hybridized carbons (Fsp3) is 0.222. The second-order valence-electron chi connectivity index (χ2n) is 7.84. The van der Waals surface area contributed by atoms with E-state index in [1.54, 1.807) is 6.20 Å². The maximum atomic E-state index is 12.6. The molecule has 0 fully saturated rings. The van der Waals surface area contributed by atoms with Gasteiger partial charge < -0.3 is 10.1 Å². The SMILES string of the molecule is CCc1nn(-c2ccccc2)c(Oc2ccc(C)cc2)c1CCC(=O)NCc1ccccn1. The standard InChI is InChI=1S/C27H28N4O2/c1-3-25-24(16-17-26(32)29-19-21-9-7-8-18-28-21)27(33-23-14-12-20(2)13-15-23)31(30-25)22-10-5-4-6-11-22/h4-15,18H,3,16-17,19H2,1-2H3,(H,29,32). The predicted octanol–water partition coefficient (Wildman–Crippen LogP) is 5.18. The first-order valence-corrected chi connectivity index (χ1v) is 11.2. The molecule has 2 aromatic carbocycles. The minimum absolute atomic E-state index is 0.0311. The number of aryl methyl sites for hydroxylation is 2. The third-order valence-electron chi connectivity index (χ3n) is 5.39. The van der Waals surface area contributed by atoms with Crippen LogP contribution >= 0.6 is 0 Å². The Hall–Kier alpha value is -3.93. The summed E-state index contributed by atoms with van der Waals surface area (Å²) in [5.41, 5.74) is 4.80. The normalized spacial score (nSPS) is 10.7. The second-order valence-corrected chi connectivity index (χ2v) is 7.84. The number of para-hydroxylation sites is 1. The lowest BCUT2D eigenvalue weighted by Gasteiger charge is -2.12. The van der Waals surface area contributed by atoms with Gasteiger partial charge in [-0.25, -0.2) is 4.68 Å². The Morgan fingerprint density at radius 1 is 1.00 bits per heavy atom. The van der Waals surface area contributed by atoms with Crippen LogP contribution in [0.4, 0.5) is 0 Å². The van der Waals surface area contributed by atoms with Gasteiger partial charge in [-0.15, -0.1) is 0 Å². The van der Waals surface area contributed by atoms with Crippen LogP contribution in [0.1, 0.15) is 35.9 Å². The highest BCUT2D eigenvalue weighted by molar-refractivity contribution is 5.76. The number of pyridine rings is 1. The molecule has 33 heavy (non-hydrogen) atoms.